The monoisotopic (exact) mass is 373 g/mol. The van der Waals surface area contributed by atoms with Gasteiger partial charge in [0.2, 0.25) is 0 Å². The maximum atomic E-state index is 13.6. The van der Waals surface area contributed by atoms with Crippen molar-refractivity contribution in [3.05, 3.63) is 83.2 Å². The van der Waals surface area contributed by atoms with E-state index < -0.39 is 5.60 Å². The molecule has 28 heavy (non-hydrogen) atoms. The normalized spacial score (nSPS) is 21.5. The third-order valence-corrected chi connectivity index (χ3v) is 6.05. The number of carbonyl (C=O) groups excluding carboxylic acids is 1. The Balaban J connectivity index is 1.61. The van der Waals surface area contributed by atoms with Gasteiger partial charge in [-0.2, -0.15) is 0 Å². The summed E-state index contributed by atoms with van der Waals surface area (Å²) in [6, 6.07) is 18.1. The second kappa shape index (κ2) is 5.99. The fourth-order valence-corrected chi connectivity index (χ4v) is 4.84. The van der Waals surface area contributed by atoms with Crippen molar-refractivity contribution in [3.8, 4) is 11.5 Å². The number of fused-ring (bicyclic) bond motifs is 5. The number of carbonyl (C=O) groups is 1. The van der Waals surface area contributed by atoms with Crippen LogP contribution >= 0.6 is 0 Å². The molecule has 0 unspecified atom stereocenters. The molecule has 3 aromatic rings. The van der Waals surface area contributed by atoms with E-state index in [9.17, 15) is 4.79 Å². The third-order valence-electron chi connectivity index (χ3n) is 6.05. The Kier molecular flexibility index (Phi) is 3.66. The average Bonchev–Trinajstić information content (AvgIpc) is 3.21. The highest BCUT2D eigenvalue weighted by molar-refractivity contribution is 6.06. The molecule has 5 rings (SSSR count). The number of aromatic nitrogens is 1. The van der Waals surface area contributed by atoms with Gasteiger partial charge in [0, 0.05) is 30.3 Å². The number of ether oxygens (including phenoxy) is 2. The van der Waals surface area contributed by atoms with Crippen molar-refractivity contribution < 1.29 is 14.3 Å². The predicted molar refractivity (Wildman–Crippen MR) is 107 cm³/mol. The average molecular weight is 373 g/mol. The fourth-order valence-electron chi connectivity index (χ4n) is 4.84. The van der Waals surface area contributed by atoms with Gasteiger partial charge in [-0.1, -0.05) is 36.4 Å². The molecule has 2 aliphatic rings. The molecule has 0 amide bonds. The minimum atomic E-state index is -0.482. The van der Waals surface area contributed by atoms with Crippen molar-refractivity contribution in [2.24, 2.45) is 0 Å². The van der Waals surface area contributed by atoms with Crippen molar-refractivity contribution in [2.75, 3.05) is 7.11 Å². The van der Waals surface area contributed by atoms with E-state index in [0.29, 0.717) is 6.54 Å². The first-order valence-electron chi connectivity index (χ1n) is 9.64. The summed E-state index contributed by atoms with van der Waals surface area (Å²) in [7, 11) is 1.64. The SMILES string of the molecule is COc1ccc2c(c1)OC(C)(C)[C@H]1c3ccn(Cc4ccccc4)c3C(=O)[C@@H]21. The first-order chi connectivity index (χ1) is 13.5. The minimum absolute atomic E-state index is 0.00733. The van der Waals surface area contributed by atoms with Crippen molar-refractivity contribution in [3.63, 3.8) is 0 Å². The Hall–Kier alpha value is -3.01. The summed E-state index contributed by atoms with van der Waals surface area (Å²) in [5, 5.41) is 0. The van der Waals surface area contributed by atoms with E-state index in [-0.39, 0.29) is 17.6 Å². The predicted octanol–water partition coefficient (Wildman–Crippen LogP) is 4.78. The van der Waals surface area contributed by atoms with Gasteiger partial charge in [-0.3, -0.25) is 4.79 Å². The maximum absolute atomic E-state index is 13.6. The lowest BCUT2D eigenvalue weighted by Crippen LogP contribution is -2.42. The Morgan fingerprint density at radius 1 is 1.07 bits per heavy atom. The summed E-state index contributed by atoms with van der Waals surface area (Å²) in [5.74, 6) is 1.47. The quantitative estimate of drug-likeness (QED) is 0.663. The number of ketones is 1. The van der Waals surface area contributed by atoms with Crippen LogP contribution in [-0.4, -0.2) is 23.1 Å². The molecule has 0 N–H and O–H groups in total. The van der Waals surface area contributed by atoms with Crippen molar-refractivity contribution in [2.45, 2.75) is 37.8 Å². The van der Waals surface area contributed by atoms with Gasteiger partial charge in [-0.05, 0) is 37.1 Å². The van der Waals surface area contributed by atoms with Gasteiger partial charge in [0.25, 0.3) is 0 Å². The molecular weight excluding hydrogens is 350 g/mol. The van der Waals surface area contributed by atoms with Crippen LogP contribution in [0, 0.1) is 0 Å². The number of hydrogen-bond acceptors (Lipinski definition) is 3. The summed E-state index contributed by atoms with van der Waals surface area (Å²) in [5.41, 5.74) is 3.57. The molecule has 0 radical (unpaired) electrons. The number of benzene rings is 2. The van der Waals surface area contributed by atoms with Crippen LogP contribution in [-0.2, 0) is 6.54 Å². The summed E-state index contributed by atoms with van der Waals surface area (Å²) >= 11 is 0. The molecular formula is C24H23NO3. The van der Waals surface area contributed by atoms with E-state index in [1.165, 1.54) is 5.56 Å². The number of rotatable bonds is 3. The van der Waals surface area contributed by atoms with Gasteiger partial charge in [0.05, 0.1) is 18.7 Å². The van der Waals surface area contributed by atoms with Crippen molar-refractivity contribution >= 4 is 5.78 Å². The molecule has 0 saturated carbocycles. The lowest BCUT2D eigenvalue weighted by molar-refractivity contribution is 0.0479. The smallest absolute Gasteiger partial charge is 0.187 e. The first-order valence-corrected chi connectivity index (χ1v) is 9.64. The van der Waals surface area contributed by atoms with Crippen LogP contribution in [0.4, 0.5) is 0 Å². The lowest BCUT2D eigenvalue weighted by Gasteiger charge is -2.41. The molecule has 4 nitrogen and oxygen atoms in total. The molecule has 1 aliphatic heterocycles. The van der Waals surface area contributed by atoms with Crippen LogP contribution in [0.25, 0.3) is 0 Å². The van der Waals surface area contributed by atoms with E-state index >= 15 is 0 Å². The maximum Gasteiger partial charge on any atom is 0.187 e. The van der Waals surface area contributed by atoms with Crippen LogP contribution in [0.1, 0.15) is 52.9 Å². The van der Waals surface area contributed by atoms with Gasteiger partial charge in [0.15, 0.2) is 5.78 Å². The van der Waals surface area contributed by atoms with Crippen molar-refractivity contribution in [1.82, 2.24) is 4.57 Å². The van der Waals surface area contributed by atoms with E-state index in [1.807, 2.05) is 42.6 Å². The lowest BCUT2D eigenvalue weighted by atomic mass is 9.74. The van der Waals surface area contributed by atoms with Gasteiger partial charge in [0.1, 0.15) is 17.1 Å². The highest BCUT2D eigenvalue weighted by atomic mass is 16.5. The van der Waals surface area contributed by atoms with Crippen LogP contribution < -0.4 is 9.47 Å². The van der Waals surface area contributed by atoms with Crippen LogP contribution in [0.5, 0.6) is 11.5 Å². The van der Waals surface area contributed by atoms with E-state index in [1.54, 1.807) is 7.11 Å². The summed E-state index contributed by atoms with van der Waals surface area (Å²) < 4.78 is 13.8. The number of hydrogen-bond donors (Lipinski definition) is 0. The van der Waals surface area contributed by atoms with E-state index in [2.05, 4.69) is 36.6 Å². The van der Waals surface area contributed by atoms with Crippen LogP contribution in [0.15, 0.2) is 60.8 Å². The Labute approximate surface area is 164 Å². The zero-order chi connectivity index (χ0) is 19.5. The molecule has 2 heterocycles. The van der Waals surface area contributed by atoms with E-state index in [0.717, 1.165) is 28.3 Å². The Morgan fingerprint density at radius 2 is 1.86 bits per heavy atom. The molecule has 2 aromatic carbocycles. The third kappa shape index (κ3) is 2.40. The summed E-state index contributed by atoms with van der Waals surface area (Å²) in [6.45, 7) is 4.84. The fraction of sp³-hybridized carbons (Fsp3) is 0.292. The Bertz CT molecular complexity index is 1060. The highest BCUT2D eigenvalue weighted by Crippen LogP contribution is 2.56. The number of nitrogens with zero attached hydrogens (tertiary/aromatic N) is 1. The van der Waals surface area contributed by atoms with Gasteiger partial charge < -0.3 is 14.0 Å². The highest BCUT2D eigenvalue weighted by Gasteiger charge is 2.54. The standard InChI is InChI=1S/C24H23NO3/c1-24(2)21-18-11-12-25(14-15-7-5-4-6-8-15)22(18)23(26)20(21)17-10-9-16(27-3)13-19(17)28-24/h4-13,20-21H,14H2,1-3H3/t20-,21-/m0/s1. The molecule has 1 aromatic heterocycles. The molecule has 4 heteroatoms. The summed E-state index contributed by atoms with van der Waals surface area (Å²) in [6.07, 6.45) is 2.03. The van der Waals surface area contributed by atoms with Gasteiger partial charge in [-0.25, -0.2) is 0 Å². The van der Waals surface area contributed by atoms with Gasteiger partial charge in [-0.15, -0.1) is 0 Å². The van der Waals surface area contributed by atoms with Gasteiger partial charge >= 0.3 is 0 Å². The second-order valence-corrected chi connectivity index (χ2v) is 8.16. The van der Waals surface area contributed by atoms with Crippen molar-refractivity contribution in [1.29, 1.82) is 0 Å². The topological polar surface area (TPSA) is 40.5 Å². The molecule has 142 valence electrons. The van der Waals surface area contributed by atoms with Crippen LogP contribution in [0.3, 0.4) is 0 Å². The molecule has 1 aliphatic carbocycles. The molecule has 0 saturated heterocycles. The zero-order valence-corrected chi connectivity index (χ0v) is 16.3. The largest absolute Gasteiger partial charge is 0.497 e. The van der Waals surface area contributed by atoms with Crippen LogP contribution in [0.2, 0.25) is 0 Å². The number of methoxy groups -OCH3 is 1. The number of Topliss-reactive ketones (excluding diaryl/α,β-unsaturated/α-hetero) is 1. The molecule has 0 fully saturated rings. The summed E-state index contributed by atoms with van der Waals surface area (Å²) in [4.78, 5) is 13.6. The second-order valence-electron chi connectivity index (χ2n) is 8.16. The molecule has 0 bridgehead atoms. The molecule has 0 spiro atoms. The minimum Gasteiger partial charge on any atom is -0.497 e. The first kappa shape index (κ1) is 17.1. The molecule has 2 atom stereocenters. The zero-order valence-electron chi connectivity index (χ0n) is 16.3. The van der Waals surface area contributed by atoms with E-state index in [4.69, 9.17) is 9.47 Å². The Morgan fingerprint density at radius 3 is 2.61 bits per heavy atom.